The molecular weight excluding hydrogens is 482 g/mol. The second-order valence-electron chi connectivity index (χ2n) is 6.85. The first-order valence-electron chi connectivity index (χ1n) is 9.59. The SMILES string of the molecule is Cn1c(SCC(=O)Nc2nc(-c3cccc([N+](=O)[O-])c3)cs2)nnc1-c1cccc([N+](=O)[O-])c1. The number of non-ortho nitro benzene ring substituents is 2. The van der Waals surface area contributed by atoms with Crippen LogP contribution in [0.1, 0.15) is 0 Å². The summed E-state index contributed by atoms with van der Waals surface area (Å²) in [7, 11) is 1.71. The van der Waals surface area contributed by atoms with Gasteiger partial charge in [0.2, 0.25) is 5.91 Å². The molecule has 34 heavy (non-hydrogen) atoms. The van der Waals surface area contributed by atoms with Crippen LogP contribution in [0, 0.1) is 20.2 Å². The summed E-state index contributed by atoms with van der Waals surface area (Å²) in [6.45, 7) is 0. The molecule has 4 rings (SSSR count). The second-order valence-corrected chi connectivity index (χ2v) is 8.66. The van der Waals surface area contributed by atoms with Gasteiger partial charge in [0, 0.05) is 47.8 Å². The molecule has 2 aromatic heterocycles. The number of thioether (sulfide) groups is 1. The molecule has 0 saturated carbocycles. The van der Waals surface area contributed by atoms with Gasteiger partial charge in [-0.1, -0.05) is 36.0 Å². The fourth-order valence-corrected chi connectivity index (χ4v) is 4.43. The predicted octanol–water partition coefficient (Wildman–Crippen LogP) is 4.15. The lowest BCUT2D eigenvalue weighted by atomic mass is 10.1. The molecule has 0 aliphatic rings. The zero-order valence-electron chi connectivity index (χ0n) is 17.4. The maximum absolute atomic E-state index is 12.4. The smallest absolute Gasteiger partial charge is 0.270 e. The van der Waals surface area contributed by atoms with E-state index in [1.54, 1.807) is 41.3 Å². The summed E-state index contributed by atoms with van der Waals surface area (Å²) in [5.41, 5.74) is 1.54. The molecule has 2 heterocycles. The van der Waals surface area contributed by atoms with Gasteiger partial charge >= 0.3 is 0 Å². The minimum absolute atomic E-state index is 0.0344. The van der Waals surface area contributed by atoms with E-state index in [4.69, 9.17) is 0 Å². The Morgan fingerprint density at radius 3 is 2.38 bits per heavy atom. The van der Waals surface area contributed by atoms with Gasteiger partial charge < -0.3 is 9.88 Å². The number of nitrogens with zero attached hydrogens (tertiary/aromatic N) is 6. The number of hydrogen-bond donors (Lipinski definition) is 1. The van der Waals surface area contributed by atoms with Crippen molar-refractivity contribution in [1.29, 1.82) is 0 Å². The first-order valence-corrected chi connectivity index (χ1v) is 11.5. The van der Waals surface area contributed by atoms with E-state index in [0.717, 1.165) is 11.8 Å². The monoisotopic (exact) mass is 497 g/mol. The molecule has 0 saturated heterocycles. The van der Waals surface area contributed by atoms with Crippen LogP contribution < -0.4 is 5.32 Å². The number of rotatable bonds is 8. The zero-order valence-corrected chi connectivity index (χ0v) is 19.1. The van der Waals surface area contributed by atoms with Crippen LogP contribution in [0.25, 0.3) is 22.6 Å². The average molecular weight is 498 g/mol. The van der Waals surface area contributed by atoms with Crippen LogP contribution in [0.15, 0.2) is 59.1 Å². The van der Waals surface area contributed by atoms with Gasteiger partial charge in [-0.25, -0.2) is 4.98 Å². The Labute approximate surface area is 200 Å². The van der Waals surface area contributed by atoms with Gasteiger partial charge in [0.1, 0.15) is 0 Å². The lowest BCUT2D eigenvalue weighted by Crippen LogP contribution is -2.14. The number of hydrogen-bond acceptors (Lipinski definition) is 10. The molecule has 0 aliphatic heterocycles. The highest BCUT2D eigenvalue weighted by Gasteiger charge is 2.16. The Balaban J connectivity index is 1.39. The van der Waals surface area contributed by atoms with E-state index in [-0.39, 0.29) is 23.0 Å². The summed E-state index contributed by atoms with van der Waals surface area (Å²) in [5.74, 6) is 0.157. The minimum atomic E-state index is -0.483. The highest BCUT2D eigenvalue weighted by Crippen LogP contribution is 2.28. The third-order valence-corrected chi connectivity index (χ3v) is 6.36. The minimum Gasteiger partial charge on any atom is -0.305 e. The molecule has 1 amide bonds. The van der Waals surface area contributed by atoms with E-state index in [2.05, 4.69) is 20.5 Å². The summed E-state index contributed by atoms with van der Waals surface area (Å²) in [5, 5.41) is 35.4. The standard InChI is InChI=1S/C20H15N7O5S2/c1-25-18(13-5-3-7-15(9-13)27(31)32)23-24-20(25)34-11-17(28)22-19-21-16(10-33-19)12-4-2-6-14(8-12)26(29)30/h2-10H,11H2,1H3,(H,21,22,28). The number of nitrogens with one attached hydrogen (secondary N) is 1. The number of anilines is 1. The lowest BCUT2D eigenvalue weighted by Gasteiger charge is -2.04. The fourth-order valence-electron chi connectivity index (χ4n) is 2.98. The van der Waals surface area contributed by atoms with Crippen molar-refractivity contribution < 1.29 is 14.6 Å². The largest absolute Gasteiger partial charge is 0.305 e. The molecule has 14 heteroatoms. The Kier molecular flexibility index (Phi) is 6.60. The van der Waals surface area contributed by atoms with E-state index in [9.17, 15) is 25.0 Å². The quantitative estimate of drug-likeness (QED) is 0.214. The molecule has 0 radical (unpaired) electrons. The van der Waals surface area contributed by atoms with Gasteiger partial charge in [-0.3, -0.25) is 25.0 Å². The summed E-state index contributed by atoms with van der Waals surface area (Å²) in [6.07, 6.45) is 0. The van der Waals surface area contributed by atoms with Crippen LogP contribution in [-0.4, -0.2) is 41.3 Å². The third kappa shape index (κ3) is 5.07. The lowest BCUT2D eigenvalue weighted by molar-refractivity contribution is -0.385. The fraction of sp³-hybridized carbons (Fsp3) is 0.100. The van der Waals surface area contributed by atoms with Crippen molar-refractivity contribution in [2.75, 3.05) is 11.1 Å². The van der Waals surface area contributed by atoms with Gasteiger partial charge in [0.25, 0.3) is 11.4 Å². The zero-order chi connectivity index (χ0) is 24.2. The Morgan fingerprint density at radius 1 is 1.06 bits per heavy atom. The third-order valence-electron chi connectivity index (χ3n) is 4.59. The van der Waals surface area contributed by atoms with Crippen molar-refractivity contribution >= 4 is 45.5 Å². The van der Waals surface area contributed by atoms with Crippen LogP contribution in [0.4, 0.5) is 16.5 Å². The Hall–Kier alpha value is -4.17. The molecule has 12 nitrogen and oxygen atoms in total. The molecule has 0 unspecified atom stereocenters. The van der Waals surface area contributed by atoms with Crippen molar-refractivity contribution in [2.24, 2.45) is 7.05 Å². The molecule has 0 bridgehead atoms. The first-order chi connectivity index (χ1) is 16.3. The molecule has 0 atom stereocenters. The molecule has 2 aromatic carbocycles. The maximum Gasteiger partial charge on any atom is 0.270 e. The van der Waals surface area contributed by atoms with E-state index >= 15 is 0 Å². The normalized spacial score (nSPS) is 10.7. The molecule has 0 fully saturated rings. The molecule has 0 spiro atoms. The molecule has 1 N–H and O–H groups in total. The summed E-state index contributed by atoms with van der Waals surface area (Å²) >= 11 is 2.36. The van der Waals surface area contributed by atoms with Crippen LogP contribution in [0.2, 0.25) is 0 Å². The first kappa shape index (κ1) is 23.0. The van der Waals surface area contributed by atoms with Crippen molar-refractivity contribution in [2.45, 2.75) is 5.16 Å². The van der Waals surface area contributed by atoms with Gasteiger partial charge in [-0.2, -0.15) is 0 Å². The average Bonchev–Trinajstić information content (AvgIpc) is 3.44. The van der Waals surface area contributed by atoms with E-state index in [0.29, 0.717) is 32.9 Å². The maximum atomic E-state index is 12.4. The van der Waals surface area contributed by atoms with Crippen LogP contribution >= 0.6 is 23.1 Å². The van der Waals surface area contributed by atoms with E-state index < -0.39 is 9.85 Å². The van der Waals surface area contributed by atoms with Gasteiger partial charge in [-0.05, 0) is 0 Å². The number of amides is 1. The number of nitro benzene ring substituents is 2. The summed E-state index contributed by atoms with van der Waals surface area (Å²) in [6, 6.07) is 12.2. The highest BCUT2D eigenvalue weighted by atomic mass is 32.2. The Bertz CT molecular complexity index is 1400. The highest BCUT2D eigenvalue weighted by molar-refractivity contribution is 7.99. The van der Waals surface area contributed by atoms with Crippen molar-refractivity contribution in [1.82, 2.24) is 19.7 Å². The topological polar surface area (TPSA) is 159 Å². The van der Waals surface area contributed by atoms with Crippen LogP contribution in [0.3, 0.4) is 0 Å². The number of nitro groups is 2. The van der Waals surface area contributed by atoms with Gasteiger partial charge in [0.15, 0.2) is 16.1 Å². The number of carbonyl (C=O) groups excluding carboxylic acids is 1. The van der Waals surface area contributed by atoms with Crippen molar-refractivity contribution in [3.8, 4) is 22.6 Å². The number of thiazole rings is 1. The van der Waals surface area contributed by atoms with Gasteiger partial charge in [-0.15, -0.1) is 21.5 Å². The van der Waals surface area contributed by atoms with Crippen molar-refractivity contribution in [3.05, 3.63) is 74.1 Å². The molecule has 172 valence electrons. The molecule has 0 aliphatic carbocycles. The number of benzene rings is 2. The summed E-state index contributed by atoms with van der Waals surface area (Å²) < 4.78 is 1.65. The number of carbonyl (C=O) groups is 1. The van der Waals surface area contributed by atoms with Crippen LogP contribution in [0.5, 0.6) is 0 Å². The Morgan fingerprint density at radius 2 is 1.71 bits per heavy atom. The van der Waals surface area contributed by atoms with E-state index in [1.807, 2.05) is 0 Å². The molecule has 4 aromatic rings. The number of aromatic nitrogens is 4. The molecular formula is C20H15N7O5S2. The van der Waals surface area contributed by atoms with E-state index in [1.165, 1.54) is 35.6 Å². The summed E-state index contributed by atoms with van der Waals surface area (Å²) in [4.78, 5) is 37.7. The van der Waals surface area contributed by atoms with Crippen LogP contribution in [-0.2, 0) is 11.8 Å². The second kappa shape index (κ2) is 9.76. The van der Waals surface area contributed by atoms with Gasteiger partial charge in [0.05, 0.1) is 21.3 Å². The van der Waals surface area contributed by atoms with Crippen molar-refractivity contribution in [3.63, 3.8) is 0 Å². The predicted molar refractivity (Wildman–Crippen MR) is 127 cm³/mol.